The number of carbonyl (C=O) groups excluding carboxylic acids is 3. The highest BCUT2D eigenvalue weighted by atomic mass is 16.6. The third kappa shape index (κ3) is 3.44. The maximum atomic E-state index is 12.2. The summed E-state index contributed by atoms with van der Waals surface area (Å²) in [6.07, 6.45) is 0.416. The van der Waals surface area contributed by atoms with Gasteiger partial charge in [-0.1, -0.05) is 13.8 Å². The number of Topliss-reactive ketones (excluding diaryl/α,β-unsaturated/α-hetero) is 3. The summed E-state index contributed by atoms with van der Waals surface area (Å²) in [5.41, 5.74) is -0.180. The molecule has 0 spiro atoms. The fraction of sp³-hybridized carbons (Fsp3) is 0.438. The van der Waals surface area contributed by atoms with Gasteiger partial charge in [0.15, 0.2) is 5.78 Å². The number of ketones is 3. The standard InChI is InChI=1S/C16H17NO5/c1-16(2)8-14(19)12(15(20)9-16)7-13(18)10-3-5-11(6-4-10)17(21)22/h3-6,12H,7-9H2,1-2H3. The maximum absolute atomic E-state index is 12.2. The molecule has 1 aliphatic carbocycles. The first-order valence-corrected chi connectivity index (χ1v) is 7.03. The molecule has 1 fully saturated rings. The van der Waals surface area contributed by atoms with E-state index in [2.05, 4.69) is 0 Å². The van der Waals surface area contributed by atoms with Crippen LogP contribution >= 0.6 is 0 Å². The summed E-state index contributed by atoms with van der Waals surface area (Å²) in [6.45, 7) is 3.72. The van der Waals surface area contributed by atoms with Crippen LogP contribution in [0, 0.1) is 21.4 Å². The zero-order valence-corrected chi connectivity index (χ0v) is 12.5. The van der Waals surface area contributed by atoms with Gasteiger partial charge >= 0.3 is 0 Å². The van der Waals surface area contributed by atoms with E-state index in [4.69, 9.17) is 0 Å². The second kappa shape index (κ2) is 5.79. The van der Waals surface area contributed by atoms with Crippen molar-refractivity contribution in [2.45, 2.75) is 33.1 Å². The molecular weight excluding hydrogens is 286 g/mol. The van der Waals surface area contributed by atoms with Gasteiger partial charge in [-0.15, -0.1) is 0 Å². The molecule has 1 aromatic rings. The van der Waals surface area contributed by atoms with Crippen LogP contribution in [0.4, 0.5) is 5.69 Å². The van der Waals surface area contributed by atoms with Gasteiger partial charge in [0.05, 0.1) is 10.8 Å². The van der Waals surface area contributed by atoms with E-state index in [9.17, 15) is 24.5 Å². The van der Waals surface area contributed by atoms with Gasteiger partial charge in [-0.2, -0.15) is 0 Å². The highest BCUT2D eigenvalue weighted by Gasteiger charge is 2.40. The number of nitro benzene ring substituents is 1. The molecule has 0 aromatic heterocycles. The molecule has 1 saturated carbocycles. The predicted molar refractivity (Wildman–Crippen MR) is 78.6 cm³/mol. The lowest BCUT2D eigenvalue weighted by atomic mass is 9.70. The monoisotopic (exact) mass is 303 g/mol. The Hall–Kier alpha value is -2.37. The fourth-order valence-electron chi connectivity index (χ4n) is 2.73. The first-order chi connectivity index (χ1) is 10.2. The topological polar surface area (TPSA) is 94.3 Å². The van der Waals surface area contributed by atoms with Crippen molar-refractivity contribution in [3.8, 4) is 0 Å². The molecule has 0 N–H and O–H groups in total. The van der Waals surface area contributed by atoms with E-state index in [1.807, 2.05) is 13.8 Å². The van der Waals surface area contributed by atoms with Crippen LogP contribution in [0.5, 0.6) is 0 Å². The second-order valence-electron chi connectivity index (χ2n) is 6.43. The van der Waals surface area contributed by atoms with Crippen molar-refractivity contribution >= 4 is 23.0 Å². The molecule has 22 heavy (non-hydrogen) atoms. The molecule has 1 aromatic carbocycles. The van der Waals surface area contributed by atoms with Crippen LogP contribution in [-0.4, -0.2) is 22.3 Å². The summed E-state index contributed by atoms with van der Waals surface area (Å²) in [7, 11) is 0. The molecule has 0 atom stereocenters. The Morgan fingerprint density at radius 3 is 2.14 bits per heavy atom. The Labute approximate surface area is 127 Å². The molecule has 0 amide bonds. The first-order valence-electron chi connectivity index (χ1n) is 7.03. The lowest BCUT2D eigenvalue weighted by molar-refractivity contribution is -0.384. The quantitative estimate of drug-likeness (QED) is 0.369. The Balaban J connectivity index is 2.10. The molecular formula is C16H17NO5. The third-order valence-electron chi connectivity index (χ3n) is 3.87. The van der Waals surface area contributed by atoms with Crippen molar-refractivity contribution in [2.75, 3.05) is 0 Å². The molecule has 6 heteroatoms. The summed E-state index contributed by atoms with van der Waals surface area (Å²) < 4.78 is 0. The summed E-state index contributed by atoms with van der Waals surface area (Å²) >= 11 is 0. The summed E-state index contributed by atoms with van der Waals surface area (Å²) in [4.78, 5) is 46.3. The molecule has 0 aliphatic heterocycles. The summed E-state index contributed by atoms with van der Waals surface area (Å²) in [6, 6.07) is 5.17. The van der Waals surface area contributed by atoms with Crippen molar-refractivity contribution in [3.05, 3.63) is 39.9 Å². The van der Waals surface area contributed by atoms with Gasteiger partial charge in [0.1, 0.15) is 11.6 Å². The number of nitro groups is 1. The van der Waals surface area contributed by atoms with Crippen LogP contribution < -0.4 is 0 Å². The lowest BCUT2D eigenvalue weighted by Crippen LogP contribution is -2.38. The fourth-order valence-corrected chi connectivity index (χ4v) is 2.73. The molecule has 0 radical (unpaired) electrons. The Morgan fingerprint density at radius 2 is 1.68 bits per heavy atom. The van der Waals surface area contributed by atoms with Crippen LogP contribution in [0.25, 0.3) is 0 Å². The lowest BCUT2D eigenvalue weighted by Gasteiger charge is -2.31. The largest absolute Gasteiger partial charge is 0.299 e. The van der Waals surface area contributed by atoms with E-state index in [1.165, 1.54) is 24.3 Å². The zero-order chi connectivity index (χ0) is 16.5. The van der Waals surface area contributed by atoms with Gasteiger partial charge in [0, 0.05) is 37.0 Å². The summed E-state index contributed by atoms with van der Waals surface area (Å²) in [5.74, 6) is -1.62. The van der Waals surface area contributed by atoms with Crippen molar-refractivity contribution < 1.29 is 19.3 Å². The van der Waals surface area contributed by atoms with E-state index in [0.29, 0.717) is 0 Å². The van der Waals surface area contributed by atoms with Gasteiger partial charge in [-0.05, 0) is 17.5 Å². The van der Waals surface area contributed by atoms with Crippen molar-refractivity contribution in [3.63, 3.8) is 0 Å². The molecule has 0 saturated heterocycles. The number of benzene rings is 1. The van der Waals surface area contributed by atoms with Crippen LogP contribution in [0.1, 0.15) is 43.5 Å². The molecule has 2 rings (SSSR count). The minimum atomic E-state index is -0.879. The minimum absolute atomic E-state index is 0.108. The van der Waals surface area contributed by atoms with E-state index in [-0.39, 0.29) is 53.3 Å². The van der Waals surface area contributed by atoms with Crippen molar-refractivity contribution in [1.29, 1.82) is 0 Å². The predicted octanol–water partition coefficient (Wildman–Crippen LogP) is 2.74. The number of rotatable bonds is 4. The zero-order valence-electron chi connectivity index (χ0n) is 12.5. The van der Waals surface area contributed by atoms with Crippen LogP contribution in [0.2, 0.25) is 0 Å². The SMILES string of the molecule is CC1(C)CC(=O)C(CC(=O)c2ccc([N+](=O)[O-])cc2)C(=O)C1. The molecule has 116 valence electrons. The third-order valence-corrected chi connectivity index (χ3v) is 3.87. The number of hydrogen-bond acceptors (Lipinski definition) is 5. The van der Waals surface area contributed by atoms with Crippen LogP contribution in [0.15, 0.2) is 24.3 Å². The molecule has 0 unspecified atom stereocenters. The van der Waals surface area contributed by atoms with Gasteiger partial charge < -0.3 is 0 Å². The highest BCUT2D eigenvalue weighted by Crippen LogP contribution is 2.35. The smallest absolute Gasteiger partial charge is 0.269 e. The summed E-state index contributed by atoms with van der Waals surface area (Å²) in [5, 5.41) is 10.6. The average molecular weight is 303 g/mol. The van der Waals surface area contributed by atoms with Crippen LogP contribution in [0.3, 0.4) is 0 Å². The average Bonchev–Trinajstić information content (AvgIpc) is 2.41. The molecule has 0 bridgehead atoms. The number of hydrogen-bond donors (Lipinski definition) is 0. The van der Waals surface area contributed by atoms with E-state index in [1.54, 1.807) is 0 Å². The van der Waals surface area contributed by atoms with Crippen LogP contribution in [-0.2, 0) is 9.59 Å². The normalized spacial score (nSPS) is 18.3. The molecule has 6 nitrogen and oxygen atoms in total. The number of non-ortho nitro benzene ring substituents is 1. The Morgan fingerprint density at radius 1 is 1.18 bits per heavy atom. The first kappa shape index (κ1) is 16.0. The molecule has 1 aliphatic rings. The van der Waals surface area contributed by atoms with E-state index >= 15 is 0 Å². The van der Waals surface area contributed by atoms with Gasteiger partial charge in [-0.25, -0.2) is 0 Å². The van der Waals surface area contributed by atoms with Crippen molar-refractivity contribution in [2.24, 2.45) is 11.3 Å². The van der Waals surface area contributed by atoms with E-state index < -0.39 is 10.8 Å². The number of nitrogens with zero attached hydrogens (tertiary/aromatic N) is 1. The second-order valence-corrected chi connectivity index (χ2v) is 6.43. The molecule has 0 heterocycles. The van der Waals surface area contributed by atoms with E-state index in [0.717, 1.165) is 0 Å². The highest BCUT2D eigenvalue weighted by molar-refractivity contribution is 6.10. The van der Waals surface area contributed by atoms with Gasteiger partial charge in [0.2, 0.25) is 0 Å². The van der Waals surface area contributed by atoms with Gasteiger partial charge in [0.25, 0.3) is 5.69 Å². The Bertz CT molecular complexity index is 625. The minimum Gasteiger partial charge on any atom is -0.299 e. The maximum Gasteiger partial charge on any atom is 0.269 e. The van der Waals surface area contributed by atoms with Gasteiger partial charge in [-0.3, -0.25) is 24.5 Å². The number of carbonyl (C=O) groups is 3. The Kier molecular flexibility index (Phi) is 4.21. The van der Waals surface area contributed by atoms with Crippen molar-refractivity contribution in [1.82, 2.24) is 0 Å².